The van der Waals surface area contributed by atoms with Crippen LogP contribution in [-0.4, -0.2) is 106 Å². The van der Waals surface area contributed by atoms with Crippen LogP contribution in [-0.2, 0) is 30.3 Å². The zero-order valence-electron chi connectivity index (χ0n) is 18.1. The molecule has 8 N–H and O–H groups in total. The summed E-state index contributed by atoms with van der Waals surface area (Å²) in [6, 6.07) is 7.28. The highest BCUT2D eigenvalue weighted by atomic mass is 16.7. The minimum absolute atomic E-state index is 0.0610. The monoisotopic (exact) mass is 472 g/mol. The molecular weight excluding hydrogens is 440 g/mol. The van der Waals surface area contributed by atoms with Crippen molar-refractivity contribution in [3.63, 3.8) is 0 Å². The zero-order chi connectivity index (χ0) is 24.1. The highest BCUT2D eigenvalue weighted by molar-refractivity contribution is 5.73. The maximum atomic E-state index is 11.6. The molecule has 12 nitrogen and oxygen atoms in total. The van der Waals surface area contributed by atoms with E-state index in [1.165, 1.54) is 6.92 Å². The third-order valence-electron chi connectivity index (χ3n) is 5.69. The molecule has 3 rings (SSSR count). The normalized spacial score (nSPS) is 39.2. The molecule has 0 radical (unpaired) electrons. The second-order valence-corrected chi connectivity index (χ2v) is 8.17. The fourth-order valence-electron chi connectivity index (χ4n) is 3.90. The fourth-order valence-corrected chi connectivity index (χ4v) is 3.90. The van der Waals surface area contributed by atoms with Gasteiger partial charge < -0.3 is 55.5 Å². The van der Waals surface area contributed by atoms with Crippen LogP contribution in [0.3, 0.4) is 0 Å². The fraction of sp³-hybridized carbons (Fsp3) is 0.667. The van der Waals surface area contributed by atoms with Crippen molar-refractivity contribution in [3.05, 3.63) is 35.9 Å². The van der Waals surface area contributed by atoms with Gasteiger partial charge in [0.2, 0.25) is 5.91 Å². The van der Waals surface area contributed by atoms with Crippen LogP contribution in [0.4, 0.5) is 0 Å². The Morgan fingerprint density at radius 3 is 2.39 bits per heavy atom. The van der Waals surface area contributed by atoms with E-state index in [1.807, 2.05) is 30.3 Å². The van der Waals surface area contributed by atoms with Crippen molar-refractivity contribution < 1.29 is 49.3 Å². The van der Waals surface area contributed by atoms with Crippen molar-refractivity contribution in [2.75, 3.05) is 13.2 Å². The molecule has 2 heterocycles. The molecule has 1 aromatic rings. The lowest BCUT2D eigenvalue weighted by Gasteiger charge is -2.47. The van der Waals surface area contributed by atoms with Crippen LogP contribution in [0.5, 0.6) is 0 Å². The van der Waals surface area contributed by atoms with Crippen LogP contribution in [0.25, 0.3) is 0 Å². The quantitative estimate of drug-likeness (QED) is 0.203. The Kier molecular flexibility index (Phi) is 9.12. The van der Waals surface area contributed by atoms with Crippen LogP contribution in [0, 0.1) is 0 Å². The van der Waals surface area contributed by atoms with Gasteiger partial charge in [-0.1, -0.05) is 30.3 Å². The number of ether oxygens (including phenoxy) is 4. The first kappa shape index (κ1) is 25.9. The number of hydrogen-bond donors (Lipinski definition) is 7. The largest absolute Gasteiger partial charge is 0.394 e. The summed E-state index contributed by atoms with van der Waals surface area (Å²) in [6.45, 7) is 0.805. The molecule has 0 aromatic heterocycles. The molecule has 12 heteroatoms. The second-order valence-electron chi connectivity index (χ2n) is 8.17. The number of amides is 1. The zero-order valence-corrected chi connectivity index (χ0v) is 18.1. The first-order valence-electron chi connectivity index (χ1n) is 10.7. The van der Waals surface area contributed by atoms with E-state index in [0.29, 0.717) is 0 Å². The second kappa shape index (κ2) is 11.6. The number of rotatable bonds is 8. The molecule has 0 unspecified atom stereocenters. The lowest BCUT2D eigenvalue weighted by atomic mass is 9.94. The number of carbonyl (C=O) groups excluding carboxylic acids is 1. The molecule has 2 aliphatic heterocycles. The number of carbonyl (C=O) groups is 1. The summed E-state index contributed by atoms with van der Waals surface area (Å²) in [5.41, 5.74) is 7.20. The summed E-state index contributed by atoms with van der Waals surface area (Å²) >= 11 is 0. The predicted octanol–water partition coefficient (Wildman–Crippen LogP) is -3.06. The molecule has 2 fully saturated rings. The van der Waals surface area contributed by atoms with Gasteiger partial charge in [0.05, 0.1) is 31.9 Å². The highest BCUT2D eigenvalue weighted by Gasteiger charge is 2.50. The minimum atomic E-state index is -1.66. The van der Waals surface area contributed by atoms with E-state index in [-0.39, 0.29) is 13.2 Å². The van der Waals surface area contributed by atoms with E-state index in [4.69, 9.17) is 24.7 Å². The Hall–Kier alpha value is -1.71. The van der Waals surface area contributed by atoms with E-state index < -0.39 is 73.8 Å². The van der Waals surface area contributed by atoms with E-state index in [1.54, 1.807) is 0 Å². The van der Waals surface area contributed by atoms with E-state index >= 15 is 0 Å². The Morgan fingerprint density at radius 1 is 1.06 bits per heavy atom. The average molecular weight is 472 g/mol. The molecule has 186 valence electrons. The molecule has 2 saturated heterocycles. The van der Waals surface area contributed by atoms with Crippen molar-refractivity contribution >= 4 is 5.91 Å². The van der Waals surface area contributed by atoms with E-state index in [9.17, 15) is 30.3 Å². The van der Waals surface area contributed by atoms with E-state index in [0.717, 1.165) is 5.56 Å². The molecule has 0 aliphatic carbocycles. The average Bonchev–Trinajstić information content (AvgIpc) is 2.79. The van der Waals surface area contributed by atoms with Crippen LogP contribution >= 0.6 is 0 Å². The molecule has 33 heavy (non-hydrogen) atoms. The molecule has 0 spiro atoms. The van der Waals surface area contributed by atoms with Gasteiger partial charge in [0.1, 0.15) is 36.6 Å². The molecule has 1 aromatic carbocycles. The van der Waals surface area contributed by atoms with Gasteiger partial charge in [-0.2, -0.15) is 0 Å². The van der Waals surface area contributed by atoms with Crippen molar-refractivity contribution in [2.45, 2.75) is 74.8 Å². The molecule has 0 bridgehead atoms. The van der Waals surface area contributed by atoms with Crippen molar-refractivity contribution in [3.8, 4) is 0 Å². The Morgan fingerprint density at radius 2 is 1.76 bits per heavy atom. The van der Waals surface area contributed by atoms with Crippen molar-refractivity contribution in [2.24, 2.45) is 5.73 Å². The Labute approximate surface area is 190 Å². The minimum Gasteiger partial charge on any atom is -0.394 e. The summed E-state index contributed by atoms with van der Waals surface area (Å²) in [6.07, 6.45) is -11.0. The lowest BCUT2D eigenvalue weighted by molar-refractivity contribution is -0.335. The number of nitrogens with two attached hydrogens (primary N) is 1. The number of hydrogen-bond acceptors (Lipinski definition) is 11. The molecule has 2 aliphatic rings. The standard InChI is InChI=1S/C21H32N2O10/c1-10(25)23-15-14(22)19(33-21-18(28)17(27)16(26)12(7-24)32-21)13(31-20(15)29)9-30-8-11-5-3-2-4-6-11/h2-6,12-21,24,26-29H,7-9,22H2,1H3,(H,23,25)/t12-,13-,14-,15-,16+,17+,18-,19-,20-,21+/m1/s1. The number of aliphatic hydroxyl groups is 5. The van der Waals surface area contributed by atoms with Gasteiger partial charge in [0.25, 0.3) is 0 Å². The Balaban J connectivity index is 1.74. The van der Waals surface area contributed by atoms with Crippen molar-refractivity contribution in [1.29, 1.82) is 0 Å². The summed E-state index contributed by atoms with van der Waals surface area (Å²) in [4.78, 5) is 11.6. The van der Waals surface area contributed by atoms with Gasteiger partial charge in [-0.3, -0.25) is 4.79 Å². The Bertz CT molecular complexity index is 754. The van der Waals surface area contributed by atoms with E-state index in [2.05, 4.69) is 5.32 Å². The molecule has 10 atom stereocenters. The van der Waals surface area contributed by atoms with Gasteiger partial charge in [0, 0.05) is 6.92 Å². The van der Waals surface area contributed by atoms with Crippen LogP contribution in [0.15, 0.2) is 30.3 Å². The third kappa shape index (κ3) is 6.25. The summed E-state index contributed by atoms with van der Waals surface area (Å²) in [5.74, 6) is -0.455. The van der Waals surface area contributed by atoms with Gasteiger partial charge in [-0.25, -0.2) is 0 Å². The smallest absolute Gasteiger partial charge is 0.217 e. The first-order chi connectivity index (χ1) is 15.7. The third-order valence-corrected chi connectivity index (χ3v) is 5.69. The van der Waals surface area contributed by atoms with Gasteiger partial charge in [0.15, 0.2) is 12.6 Å². The van der Waals surface area contributed by atoms with Gasteiger partial charge in [-0.05, 0) is 5.56 Å². The maximum Gasteiger partial charge on any atom is 0.217 e. The SMILES string of the molecule is CC(=O)N[C@@H]1[C@@H](N)[C@H](O[C@@H]2O[C@H](CO)[C@H](O)[C@H](O)[C@H]2O)[C@@H](COCc2ccccc2)O[C@H]1O. The molecule has 0 saturated carbocycles. The summed E-state index contributed by atoms with van der Waals surface area (Å²) in [7, 11) is 0. The summed E-state index contributed by atoms with van der Waals surface area (Å²) in [5, 5.41) is 52.7. The number of nitrogens with one attached hydrogen (secondary N) is 1. The van der Waals surface area contributed by atoms with Crippen LogP contribution < -0.4 is 11.1 Å². The first-order valence-corrected chi connectivity index (χ1v) is 10.7. The number of benzene rings is 1. The van der Waals surface area contributed by atoms with Crippen LogP contribution in [0.1, 0.15) is 12.5 Å². The molecule has 1 amide bonds. The molecular formula is C21H32N2O10. The maximum absolute atomic E-state index is 11.6. The highest BCUT2D eigenvalue weighted by Crippen LogP contribution is 2.28. The lowest BCUT2D eigenvalue weighted by Crippen LogP contribution is -2.69. The predicted molar refractivity (Wildman–Crippen MR) is 111 cm³/mol. The topological polar surface area (TPSA) is 193 Å². The summed E-state index contributed by atoms with van der Waals surface area (Å²) < 4.78 is 22.6. The van der Waals surface area contributed by atoms with Gasteiger partial charge in [-0.15, -0.1) is 0 Å². The number of aliphatic hydroxyl groups excluding tert-OH is 5. The van der Waals surface area contributed by atoms with Crippen molar-refractivity contribution in [1.82, 2.24) is 5.32 Å². The van der Waals surface area contributed by atoms with Crippen LogP contribution in [0.2, 0.25) is 0 Å². The van der Waals surface area contributed by atoms with Gasteiger partial charge >= 0.3 is 0 Å².